The van der Waals surface area contributed by atoms with Gasteiger partial charge < -0.3 is 13.6 Å². The van der Waals surface area contributed by atoms with E-state index in [0.717, 1.165) is 29.6 Å². The van der Waals surface area contributed by atoms with Gasteiger partial charge in [0.05, 0.1) is 12.2 Å². The fourth-order valence-corrected chi connectivity index (χ4v) is 3.14. The van der Waals surface area contributed by atoms with Gasteiger partial charge in [0.1, 0.15) is 18.0 Å². The van der Waals surface area contributed by atoms with Crippen molar-refractivity contribution in [3.05, 3.63) is 70.0 Å². The van der Waals surface area contributed by atoms with Gasteiger partial charge in [-0.25, -0.2) is 4.79 Å². The van der Waals surface area contributed by atoms with Gasteiger partial charge in [0.2, 0.25) is 0 Å². The number of aryl methyl sites for hydroxylation is 1. The first-order valence-corrected chi connectivity index (χ1v) is 8.41. The lowest BCUT2D eigenvalue weighted by Crippen LogP contribution is -2.10. The average Bonchev–Trinajstić information content (AvgIpc) is 3.23. The summed E-state index contributed by atoms with van der Waals surface area (Å²) in [5, 5.41) is 0.794. The predicted octanol–water partition coefficient (Wildman–Crippen LogP) is 3.80. The molecule has 128 valence electrons. The van der Waals surface area contributed by atoms with Crippen molar-refractivity contribution in [2.24, 2.45) is 5.92 Å². The Labute approximate surface area is 144 Å². The molecule has 1 aliphatic rings. The van der Waals surface area contributed by atoms with Gasteiger partial charge in [-0.3, -0.25) is 4.79 Å². The fraction of sp³-hybridized carbons (Fsp3) is 0.300. The Kier molecular flexibility index (Phi) is 3.92. The molecule has 0 unspecified atom stereocenters. The number of ether oxygens (including phenoxy) is 1. The summed E-state index contributed by atoms with van der Waals surface area (Å²) in [5.74, 6) is 0.504. The highest BCUT2D eigenvalue weighted by Crippen LogP contribution is 2.48. The predicted molar refractivity (Wildman–Crippen MR) is 91.2 cm³/mol. The number of fused-ring (bicyclic) bond motifs is 1. The highest BCUT2D eigenvalue weighted by molar-refractivity contribution is 5.81. The molecule has 2 heterocycles. The lowest BCUT2D eigenvalue weighted by atomic mass is 10.1. The Morgan fingerprint density at radius 3 is 2.92 bits per heavy atom. The zero-order chi connectivity index (χ0) is 17.4. The number of benzene rings is 1. The van der Waals surface area contributed by atoms with Gasteiger partial charge in [-0.05, 0) is 36.6 Å². The second-order valence-corrected chi connectivity index (χ2v) is 6.35. The smallest absolute Gasteiger partial charge is 0.336 e. The Balaban J connectivity index is 1.49. The number of carbonyl (C=O) groups is 1. The summed E-state index contributed by atoms with van der Waals surface area (Å²) in [6.45, 7) is 2.10. The summed E-state index contributed by atoms with van der Waals surface area (Å²) in [5.41, 5.74) is 1.84. The minimum absolute atomic E-state index is 0.0633. The molecule has 3 aromatic rings. The van der Waals surface area contributed by atoms with Crippen LogP contribution in [0.5, 0.6) is 0 Å². The lowest BCUT2D eigenvalue weighted by Gasteiger charge is -2.08. The Morgan fingerprint density at radius 2 is 2.16 bits per heavy atom. The molecule has 2 aromatic heterocycles. The monoisotopic (exact) mass is 338 g/mol. The number of hydrogen-bond donors (Lipinski definition) is 0. The minimum Gasteiger partial charge on any atom is -0.469 e. The molecule has 5 heteroatoms. The van der Waals surface area contributed by atoms with Crippen LogP contribution in [0.25, 0.3) is 11.0 Å². The molecule has 0 N–H and O–H groups in total. The molecular weight excluding hydrogens is 320 g/mol. The van der Waals surface area contributed by atoms with Crippen molar-refractivity contribution in [1.82, 2.24) is 0 Å². The molecule has 2 atom stereocenters. The third kappa shape index (κ3) is 3.09. The first-order valence-electron chi connectivity index (χ1n) is 8.41. The summed E-state index contributed by atoms with van der Waals surface area (Å²) in [6.07, 6.45) is 3.20. The van der Waals surface area contributed by atoms with Crippen LogP contribution in [-0.2, 0) is 22.6 Å². The molecule has 0 saturated heterocycles. The minimum atomic E-state index is -0.438. The standard InChI is InChI=1S/C20H18O5/c1-2-12-5-6-14-13(9-19(21)25-18(14)8-12)11-24-20(22)16-10-15(16)17-4-3-7-23-17/h3-9,15-16H,2,10-11H2,1H3/t15-,16+/m1/s1. The molecule has 0 bridgehead atoms. The molecule has 4 rings (SSSR count). The number of furan rings is 1. The van der Waals surface area contributed by atoms with Crippen molar-refractivity contribution in [3.8, 4) is 0 Å². The first-order chi connectivity index (χ1) is 12.2. The van der Waals surface area contributed by atoms with E-state index >= 15 is 0 Å². The summed E-state index contributed by atoms with van der Waals surface area (Å²) in [4.78, 5) is 24.0. The van der Waals surface area contributed by atoms with Gasteiger partial charge in [-0.1, -0.05) is 19.1 Å². The van der Waals surface area contributed by atoms with E-state index < -0.39 is 5.63 Å². The number of rotatable bonds is 5. The van der Waals surface area contributed by atoms with Gasteiger partial charge in [0, 0.05) is 22.9 Å². The number of hydrogen-bond acceptors (Lipinski definition) is 5. The number of carbonyl (C=O) groups excluding carboxylic acids is 1. The van der Waals surface area contributed by atoms with Crippen molar-refractivity contribution in [2.75, 3.05) is 0 Å². The largest absolute Gasteiger partial charge is 0.469 e. The lowest BCUT2D eigenvalue weighted by molar-refractivity contribution is -0.146. The van der Waals surface area contributed by atoms with Gasteiger partial charge in [0.15, 0.2) is 0 Å². The summed E-state index contributed by atoms with van der Waals surface area (Å²) < 4.78 is 16.0. The summed E-state index contributed by atoms with van der Waals surface area (Å²) in [6, 6.07) is 10.8. The molecule has 1 aliphatic carbocycles. The topological polar surface area (TPSA) is 69.7 Å². The van der Waals surface area contributed by atoms with Crippen molar-refractivity contribution in [3.63, 3.8) is 0 Å². The third-order valence-corrected chi connectivity index (χ3v) is 4.67. The molecule has 0 aliphatic heterocycles. The van der Waals surface area contributed by atoms with E-state index in [1.165, 1.54) is 6.07 Å². The zero-order valence-electron chi connectivity index (χ0n) is 13.9. The normalized spacial score (nSPS) is 19.1. The molecule has 0 spiro atoms. The maximum Gasteiger partial charge on any atom is 0.336 e. The highest BCUT2D eigenvalue weighted by Gasteiger charge is 2.47. The van der Waals surface area contributed by atoms with E-state index in [-0.39, 0.29) is 24.4 Å². The number of esters is 1. The molecular formula is C20H18O5. The van der Waals surface area contributed by atoms with Crippen molar-refractivity contribution < 1.29 is 18.4 Å². The van der Waals surface area contributed by atoms with Crippen LogP contribution in [-0.4, -0.2) is 5.97 Å². The second kappa shape index (κ2) is 6.24. The highest BCUT2D eigenvalue weighted by atomic mass is 16.5. The van der Waals surface area contributed by atoms with Crippen LogP contribution in [0.1, 0.15) is 36.1 Å². The summed E-state index contributed by atoms with van der Waals surface area (Å²) in [7, 11) is 0. The van der Waals surface area contributed by atoms with E-state index in [0.29, 0.717) is 11.1 Å². The third-order valence-electron chi connectivity index (χ3n) is 4.67. The maximum absolute atomic E-state index is 12.2. The van der Waals surface area contributed by atoms with E-state index in [1.807, 2.05) is 37.3 Å². The van der Waals surface area contributed by atoms with Crippen LogP contribution in [0, 0.1) is 5.92 Å². The van der Waals surface area contributed by atoms with E-state index in [1.54, 1.807) is 6.26 Å². The fourth-order valence-electron chi connectivity index (χ4n) is 3.14. The quantitative estimate of drug-likeness (QED) is 0.523. The van der Waals surface area contributed by atoms with E-state index in [4.69, 9.17) is 13.6 Å². The molecule has 1 fully saturated rings. The maximum atomic E-state index is 12.2. The first kappa shape index (κ1) is 15.7. The molecule has 0 radical (unpaired) electrons. The van der Waals surface area contributed by atoms with Crippen molar-refractivity contribution in [2.45, 2.75) is 32.3 Å². The van der Waals surface area contributed by atoms with E-state index in [2.05, 4.69) is 0 Å². The van der Waals surface area contributed by atoms with Crippen LogP contribution >= 0.6 is 0 Å². The second-order valence-electron chi connectivity index (χ2n) is 6.35. The molecule has 25 heavy (non-hydrogen) atoms. The summed E-state index contributed by atoms with van der Waals surface area (Å²) >= 11 is 0. The van der Waals surface area contributed by atoms with E-state index in [9.17, 15) is 9.59 Å². The van der Waals surface area contributed by atoms with Crippen LogP contribution in [0.2, 0.25) is 0 Å². The Hall–Kier alpha value is -2.82. The van der Waals surface area contributed by atoms with Gasteiger partial charge in [-0.15, -0.1) is 0 Å². The van der Waals surface area contributed by atoms with Crippen LogP contribution < -0.4 is 5.63 Å². The van der Waals surface area contributed by atoms with Crippen molar-refractivity contribution >= 4 is 16.9 Å². The Morgan fingerprint density at radius 1 is 1.28 bits per heavy atom. The van der Waals surface area contributed by atoms with Gasteiger partial charge >= 0.3 is 11.6 Å². The van der Waals surface area contributed by atoms with Crippen molar-refractivity contribution in [1.29, 1.82) is 0 Å². The molecule has 5 nitrogen and oxygen atoms in total. The van der Waals surface area contributed by atoms with Crippen LogP contribution in [0.4, 0.5) is 0 Å². The molecule has 0 amide bonds. The SMILES string of the molecule is CCc1ccc2c(COC(=O)[C@H]3C[C@H]3c3ccco3)cc(=O)oc2c1. The molecule has 1 aromatic carbocycles. The molecule has 1 saturated carbocycles. The average molecular weight is 338 g/mol. The van der Waals surface area contributed by atoms with Crippen LogP contribution in [0.3, 0.4) is 0 Å². The van der Waals surface area contributed by atoms with Gasteiger partial charge in [-0.2, -0.15) is 0 Å². The van der Waals surface area contributed by atoms with Gasteiger partial charge in [0.25, 0.3) is 0 Å². The Bertz CT molecular complexity index is 967. The van der Waals surface area contributed by atoms with Crippen LogP contribution in [0.15, 0.2) is 56.3 Å². The zero-order valence-corrected chi connectivity index (χ0v) is 13.9.